The minimum atomic E-state index is -0.338. The number of ether oxygens (including phenoxy) is 1. The zero-order valence-electron chi connectivity index (χ0n) is 14.1. The standard InChI is InChI=1S/C18H27FN2O2/c1-18(2,14-21-10-4-3-5-11-21)20-17(22)9-12-23-16-8-6-7-15(19)13-16/h6-8,13H,3-5,9-12,14H2,1-2H3,(H,20,22). The van der Waals surface area contributed by atoms with E-state index in [-0.39, 0.29) is 30.3 Å². The van der Waals surface area contributed by atoms with E-state index in [0.717, 1.165) is 19.6 Å². The number of nitrogens with one attached hydrogen (secondary N) is 1. The molecule has 1 fully saturated rings. The van der Waals surface area contributed by atoms with Crippen LogP contribution in [0.15, 0.2) is 24.3 Å². The first-order valence-corrected chi connectivity index (χ1v) is 8.36. The van der Waals surface area contributed by atoms with Gasteiger partial charge in [0.05, 0.1) is 13.0 Å². The number of piperidine rings is 1. The molecule has 0 unspecified atom stereocenters. The Morgan fingerprint density at radius 3 is 2.74 bits per heavy atom. The predicted octanol–water partition coefficient (Wildman–Crippen LogP) is 2.98. The number of carbonyl (C=O) groups excluding carboxylic acids is 1. The first-order chi connectivity index (χ1) is 10.9. The van der Waals surface area contributed by atoms with Gasteiger partial charge in [-0.05, 0) is 51.9 Å². The van der Waals surface area contributed by atoms with Crippen molar-refractivity contribution < 1.29 is 13.9 Å². The minimum absolute atomic E-state index is 0.0385. The first-order valence-electron chi connectivity index (χ1n) is 8.36. The van der Waals surface area contributed by atoms with Crippen LogP contribution in [0, 0.1) is 5.82 Å². The van der Waals surface area contributed by atoms with Crippen molar-refractivity contribution in [2.24, 2.45) is 0 Å². The van der Waals surface area contributed by atoms with Crippen molar-refractivity contribution in [2.75, 3.05) is 26.2 Å². The molecule has 2 rings (SSSR count). The van der Waals surface area contributed by atoms with Gasteiger partial charge in [-0.2, -0.15) is 0 Å². The Labute approximate surface area is 138 Å². The Morgan fingerprint density at radius 1 is 1.30 bits per heavy atom. The second kappa shape index (κ2) is 8.29. The number of benzene rings is 1. The molecule has 1 aliphatic heterocycles. The molecule has 23 heavy (non-hydrogen) atoms. The lowest BCUT2D eigenvalue weighted by Gasteiger charge is -2.35. The SMILES string of the molecule is CC(C)(CN1CCCCC1)NC(=O)CCOc1cccc(F)c1. The molecule has 1 aromatic carbocycles. The number of carbonyl (C=O) groups is 1. The van der Waals surface area contributed by atoms with Gasteiger partial charge in [-0.3, -0.25) is 4.79 Å². The molecule has 1 amide bonds. The van der Waals surface area contributed by atoms with Gasteiger partial charge in [0.25, 0.3) is 0 Å². The van der Waals surface area contributed by atoms with Crippen molar-refractivity contribution in [3.63, 3.8) is 0 Å². The summed E-state index contributed by atoms with van der Waals surface area (Å²) in [4.78, 5) is 14.5. The van der Waals surface area contributed by atoms with Crippen LogP contribution in [0.4, 0.5) is 4.39 Å². The third-order valence-corrected chi connectivity index (χ3v) is 3.94. The summed E-state index contributed by atoms with van der Waals surface area (Å²) < 4.78 is 18.4. The maximum absolute atomic E-state index is 13.0. The van der Waals surface area contributed by atoms with Crippen molar-refractivity contribution in [3.05, 3.63) is 30.1 Å². The molecule has 0 bridgehead atoms. The fourth-order valence-electron chi connectivity index (χ4n) is 2.97. The molecular weight excluding hydrogens is 295 g/mol. The summed E-state index contributed by atoms with van der Waals surface area (Å²) in [6.45, 7) is 7.43. The van der Waals surface area contributed by atoms with Crippen molar-refractivity contribution in [1.82, 2.24) is 10.2 Å². The van der Waals surface area contributed by atoms with Gasteiger partial charge in [0.15, 0.2) is 0 Å². The summed E-state index contributed by atoms with van der Waals surface area (Å²) in [6.07, 6.45) is 4.05. The zero-order valence-corrected chi connectivity index (χ0v) is 14.1. The molecule has 1 N–H and O–H groups in total. The molecule has 0 aromatic heterocycles. The quantitative estimate of drug-likeness (QED) is 0.839. The average molecular weight is 322 g/mol. The zero-order chi connectivity index (χ0) is 16.7. The first kappa shape index (κ1) is 17.7. The third-order valence-electron chi connectivity index (χ3n) is 3.94. The fraction of sp³-hybridized carbons (Fsp3) is 0.611. The van der Waals surface area contributed by atoms with Crippen LogP contribution in [-0.2, 0) is 4.79 Å². The maximum Gasteiger partial charge on any atom is 0.223 e. The molecule has 1 saturated heterocycles. The summed E-state index contributed by atoms with van der Waals surface area (Å²) in [5, 5.41) is 3.07. The fourth-order valence-corrected chi connectivity index (χ4v) is 2.97. The molecule has 5 heteroatoms. The average Bonchev–Trinajstić information content (AvgIpc) is 2.47. The second-order valence-corrected chi connectivity index (χ2v) is 6.82. The van der Waals surface area contributed by atoms with Gasteiger partial charge in [-0.15, -0.1) is 0 Å². The van der Waals surface area contributed by atoms with E-state index < -0.39 is 0 Å². The van der Waals surface area contributed by atoms with Crippen molar-refractivity contribution >= 4 is 5.91 Å². The smallest absolute Gasteiger partial charge is 0.223 e. The number of hydrogen-bond donors (Lipinski definition) is 1. The number of halogens is 1. The number of nitrogens with zero attached hydrogens (tertiary/aromatic N) is 1. The van der Waals surface area contributed by atoms with E-state index in [9.17, 15) is 9.18 Å². The lowest BCUT2D eigenvalue weighted by molar-refractivity contribution is -0.123. The van der Waals surface area contributed by atoms with Gasteiger partial charge in [0, 0.05) is 18.2 Å². The van der Waals surface area contributed by atoms with Crippen LogP contribution in [0.2, 0.25) is 0 Å². The van der Waals surface area contributed by atoms with E-state index in [2.05, 4.69) is 10.2 Å². The number of hydrogen-bond acceptors (Lipinski definition) is 3. The van der Waals surface area contributed by atoms with Crippen LogP contribution in [0.3, 0.4) is 0 Å². The van der Waals surface area contributed by atoms with Crippen LogP contribution in [-0.4, -0.2) is 42.6 Å². The van der Waals surface area contributed by atoms with E-state index in [1.807, 2.05) is 13.8 Å². The Morgan fingerprint density at radius 2 is 2.04 bits per heavy atom. The van der Waals surface area contributed by atoms with Gasteiger partial charge in [0.2, 0.25) is 5.91 Å². The Balaban J connectivity index is 1.70. The highest BCUT2D eigenvalue weighted by atomic mass is 19.1. The largest absolute Gasteiger partial charge is 0.493 e. The summed E-state index contributed by atoms with van der Waals surface area (Å²) in [6, 6.07) is 5.95. The van der Waals surface area contributed by atoms with Gasteiger partial charge < -0.3 is 15.0 Å². The molecule has 128 valence electrons. The Kier molecular flexibility index (Phi) is 6.39. The van der Waals surface area contributed by atoms with Crippen LogP contribution >= 0.6 is 0 Å². The van der Waals surface area contributed by atoms with Gasteiger partial charge in [-0.25, -0.2) is 4.39 Å². The molecule has 4 nitrogen and oxygen atoms in total. The Bertz CT molecular complexity index is 513. The highest BCUT2D eigenvalue weighted by Gasteiger charge is 2.24. The molecule has 0 saturated carbocycles. The molecular formula is C18H27FN2O2. The van der Waals surface area contributed by atoms with E-state index in [1.165, 1.54) is 31.4 Å². The van der Waals surface area contributed by atoms with Gasteiger partial charge >= 0.3 is 0 Å². The predicted molar refractivity (Wildman–Crippen MR) is 89.0 cm³/mol. The summed E-state index contributed by atoms with van der Waals surface area (Å²) >= 11 is 0. The number of likely N-dealkylation sites (tertiary alicyclic amines) is 1. The van der Waals surface area contributed by atoms with Crippen LogP contribution in [0.1, 0.15) is 39.5 Å². The van der Waals surface area contributed by atoms with Crippen molar-refractivity contribution in [3.8, 4) is 5.75 Å². The Hall–Kier alpha value is -1.62. The summed E-state index contributed by atoms with van der Waals surface area (Å²) in [5.41, 5.74) is -0.257. The summed E-state index contributed by atoms with van der Waals surface area (Å²) in [5.74, 6) is 0.0726. The van der Waals surface area contributed by atoms with E-state index in [0.29, 0.717) is 5.75 Å². The number of rotatable bonds is 7. The number of amides is 1. The summed E-state index contributed by atoms with van der Waals surface area (Å²) in [7, 11) is 0. The molecule has 0 atom stereocenters. The highest BCUT2D eigenvalue weighted by molar-refractivity contribution is 5.76. The molecule has 1 heterocycles. The van der Waals surface area contributed by atoms with Gasteiger partial charge in [0.1, 0.15) is 11.6 Å². The van der Waals surface area contributed by atoms with Crippen LogP contribution in [0.5, 0.6) is 5.75 Å². The van der Waals surface area contributed by atoms with E-state index >= 15 is 0 Å². The van der Waals surface area contributed by atoms with E-state index in [4.69, 9.17) is 4.74 Å². The van der Waals surface area contributed by atoms with Gasteiger partial charge in [-0.1, -0.05) is 12.5 Å². The van der Waals surface area contributed by atoms with Crippen LogP contribution in [0.25, 0.3) is 0 Å². The molecule has 0 spiro atoms. The topological polar surface area (TPSA) is 41.6 Å². The minimum Gasteiger partial charge on any atom is -0.493 e. The normalized spacial score (nSPS) is 16.1. The maximum atomic E-state index is 13.0. The second-order valence-electron chi connectivity index (χ2n) is 6.82. The highest BCUT2D eigenvalue weighted by Crippen LogP contribution is 2.14. The lowest BCUT2D eigenvalue weighted by Crippen LogP contribution is -2.52. The monoisotopic (exact) mass is 322 g/mol. The molecule has 1 aliphatic rings. The lowest BCUT2D eigenvalue weighted by atomic mass is 10.0. The van der Waals surface area contributed by atoms with Crippen LogP contribution < -0.4 is 10.1 Å². The van der Waals surface area contributed by atoms with Crippen molar-refractivity contribution in [1.29, 1.82) is 0 Å². The third kappa shape index (κ3) is 6.57. The molecule has 1 aromatic rings. The van der Waals surface area contributed by atoms with Crippen molar-refractivity contribution in [2.45, 2.75) is 45.1 Å². The van der Waals surface area contributed by atoms with E-state index in [1.54, 1.807) is 12.1 Å². The molecule has 0 radical (unpaired) electrons. The molecule has 0 aliphatic carbocycles.